The van der Waals surface area contributed by atoms with Gasteiger partial charge in [-0.05, 0) is 18.4 Å². The number of aromatic nitrogens is 2. The minimum Gasteiger partial charge on any atom is -0.362 e. The number of rotatable bonds is 2. The Morgan fingerprint density at radius 2 is 1.76 bits per heavy atom. The van der Waals surface area contributed by atoms with Crippen LogP contribution in [0, 0.1) is 0 Å². The van der Waals surface area contributed by atoms with Gasteiger partial charge in [0.05, 0.1) is 6.04 Å². The van der Waals surface area contributed by atoms with Gasteiger partial charge in [-0.1, -0.05) is 54.8 Å². The molecular formula is C20H22ClF3N4O. The van der Waals surface area contributed by atoms with E-state index in [1.807, 2.05) is 6.07 Å². The number of nitrogens with zero attached hydrogens (tertiary/aromatic N) is 3. The van der Waals surface area contributed by atoms with E-state index in [0.717, 1.165) is 35.9 Å². The lowest BCUT2D eigenvalue weighted by atomic mass is 9.97. The van der Waals surface area contributed by atoms with E-state index in [1.165, 1.54) is 0 Å². The first-order chi connectivity index (χ1) is 13.9. The maximum absolute atomic E-state index is 13.8. The Labute approximate surface area is 171 Å². The number of carbonyl (C=O) groups excluding carboxylic acids is 1. The van der Waals surface area contributed by atoms with E-state index in [4.69, 9.17) is 11.6 Å². The van der Waals surface area contributed by atoms with Crippen molar-refractivity contribution in [1.29, 1.82) is 0 Å². The van der Waals surface area contributed by atoms with Gasteiger partial charge in [0, 0.05) is 19.5 Å². The molecule has 9 heteroatoms. The highest BCUT2D eigenvalue weighted by Gasteiger charge is 2.48. The van der Waals surface area contributed by atoms with Gasteiger partial charge in [-0.25, -0.2) is 4.68 Å². The second-order valence-electron chi connectivity index (χ2n) is 7.56. The molecule has 29 heavy (non-hydrogen) atoms. The number of likely N-dealkylation sites (tertiary alicyclic amines) is 1. The molecule has 5 nitrogen and oxygen atoms in total. The number of amides is 1. The summed E-state index contributed by atoms with van der Waals surface area (Å²) in [5.41, 5.74) is 0.615. The summed E-state index contributed by atoms with van der Waals surface area (Å²) < 4.78 is 42.3. The van der Waals surface area contributed by atoms with Crippen molar-refractivity contribution in [3.63, 3.8) is 0 Å². The van der Waals surface area contributed by atoms with Crippen LogP contribution in [0.5, 0.6) is 0 Å². The molecular weight excluding hydrogens is 405 g/mol. The van der Waals surface area contributed by atoms with Crippen LogP contribution in [0.3, 0.4) is 0 Å². The van der Waals surface area contributed by atoms with Gasteiger partial charge in [0.2, 0.25) is 0 Å². The van der Waals surface area contributed by atoms with Crippen LogP contribution in [0.1, 0.15) is 60.2 Å². The van der Waals surface area contributed by atoms with Crippen molar-refractivity contribution < 1.29 is 18.0 Å². The maximum atomic E-state index is 13.8. The molecule has 1 saturated heterocycles. The van der Waals surface area contributed by atoms with E-state index < -0.39 is 24.2 Å². The summed E-state index contributed by atoms with van der Waals surface area (Å²) in [5, 5.41) is 7.07. The first-order valence-electron chi connectivity index (χ1n) is 9.81. The Balaban J connectivity index is 1.71. The van der Waals surface area contributed by atoms with Crippen molar-refractivity contribution in [2.75, 3.05) is 18.4 Å². The standard InChI is InChI=1S/C20H22ClF3N4O/c21-16-17(19(29)27-10-6-1-2-7-11-27)26-28-15(20(22,23)24)12-14(25-18(16)28)13-8-4-3-5-9-13/h3-5,8-9,14-15,25H,1-2,6-7,10-12H2/t14-,15-/m0/s1. The molecule has 2 aliphatic rings. The number of hydrogen-bond acceptors (Lipinski definition) is 3. The predicted octanol–water partition coefficient (Wildman–Crippen LogP) is 5.21. The van der Waals surface area contributed by atoms with Crippen molar-refractivity contribution in [3.8, 4) is 0 Å². The highest BCUT2D eigenvalue weighted by Crippen LogP contribution is 2.46. The lowest BCUT2D eigenvalue weighted by Gasteiger charge is -2.33. The van der Waals surface area contributed by atoms with Gasteiger partial charge in [-0.15, -0.1) is 0 Å². The Bertz CT molecular complexity index is 876. The molecule has 156 valence electrons. The topological polar surface area (TPSA) is 50.2 Å². The smallest absolute Gasteiger partial charge is 0.362 e. The number of hydrogen-bond donors (Lipinski definition) is 1. The van der Waals surface area contributed by atoms with Crippen molar-refractivity contribution in [2.24, 2.45) is 0 Å². The maximum Gasteiger partial charge on any atom is 0.410 e. The fraction of sp³-hybridized carbons (Fsp3) is 0.500. The molecule has 1 N–H and O–H groups in total. The quantitative estimate of drug-likeness (QED) is 0.716. The Kier molecular flexibility index (Phi) is 5.46. The SMILES string of the molecule is O=C(c1nn2c(c1Cl)N[C@H](c1ccccc1)C[C@H]2C(F)(F)F)N1CCCCCC1. The molecule has 0 unspecified atom stereocenters. The van der Waals surface area contributed by atoms with Crippen LogP contribution in [0.2, 0.25) is 5.02 Å². The van der Waals surface area contributed by atoms with Gasteiger partial charge < -0.3 is 10.2 Å². The van der Waals surface area contributed by atoms with Crippen molar-refractivity contribution in [3.05, 3.63) is 46.6 Å². The highest BCUT2D eigenvalue weighted by molar-refractivity contribution is 6.36. The molecule has 2 atom stereocenters. The minimum absolute atomic E-state index is 0.0471. The zero-order valence-electron chi connectivity index (χ0n) is 15.8. The second-order valence-corrected chi connectivity index (χ2v) is 7.94. The summed E-state index contributed by atoms with van der Waals surface area (Å²) in [6.07, 6.45) is -0.924. The van der Waals surface area contributed by atoms with Gasteiger partial charge in [0.25, 0.3) is 5.91 Å². The highest BCUT2D eigenvalue weighted by atomic mass is 35.5. The Hall–Kier alpha value is -2.22. The van der Waals surface area contributed by atoms with Crippen molar-refractivity contribution in [1.82, 2.24) is 14.7 Å². The van der Waals surface area contributed by atoms with E-state index in [0.29, 0.717) is 13.1 Å². The van der Waals surface area contributed by atoms with Crippen LogP contribution in [0.25, 0.3) is 0 Å². The molecule has 0 radical (unpaired) electrons. The fourth-order valence-electron chi connectivity index (χ4n) is 4.05. The van der Waals surface area contributed by atoms with Crippen molar-refractivity contribution in [2.45, 2.75) is 50.4 Å². The van der Waals surface area contributed by atoms with E-state index >= 15 is 0 Å². The van der Waals surface area contributed by atoms with Crippen LogP contribution in [-0.2, 0) is 0 Å². The van der Waals surface area contributed by atoms with E-state index in [1.54, 1.807) is 29.2 Å². The van der Waals surface area contributed by atoms with Crippen LogP contribution >= 0.6 is 11.6 Å². The molecule has 0 spiro atoms. The molecule has 2 aromatic rings. The first-order valence-corrected chi connectivity index (χ1v) is 10.2. The molecule has 0 saturated carbocycles. The number of fused-ring (bicyclic) bond motifs is 1. The number of benzene rings is 1. The third-order valence-electron chi connectivity index (χ3n) is 5.59. The van der Waals surface area contributed by atoms with Gasteiger partial charge in [-0.2, -0.15) is 18.3 Å². The number of halogens is 4. The summed E-state index contributed by atoms with van der Waals surface area (Å²) in [7, 11) is 0. The average Bonchev–Trinajstić information content (AvgIpc) is 2.88. The van der Waals surface area contributed by atoms with Gasteiger partial charge in [0.1, 0.15) is 10.8 Å². The molecule has 1 aromatic carbocycles. The molecule has 1 amide bonds. The summed E-state index contributed by atoms with van der Waals surface area (Å²) in [6, 6.07) is 6.48. The van der Waals surface area contributed by atoms with Crippen LogP contribution in [0.4, 0.5) is 19.0 Å². The van der Waals surface area contributed by atoms with Crippen LogP contribution in [0.15, 0.2) is 30.3 Å². The Morgan fingerprint density at radius 1 is 1.10 bits per heavy atom. The first kappa shape index (κ1) is 20.1. The Morgan fingerprint density at radius 3 is 2.38 bits per heavy atom. The fourth-order valence-corrected chi connectivity index (χ4v) is 4.31. The second kappa shape index (κ2) is 7.89. The van der Waals surface area contributed by atoms with E-state index in [-0.39, 0.29) is 23.0 Å². The summed E-state index contributed by atoms with van der Waals surface area (Å²) >= 11 is 6.40. The van der Waals surface area contributed by atoms with Crippen LogP contribution < -0.4 is 5.32 Å². The number of alkyl halides is 3. The van der Waals surface area contributed by atoms with Gasteiger partial charge in [-0.3, -0.25) is 4.79 Å². The lowest BCUT2D eigenvalue weighted by molar-refractivity contribution is -0.173. The molecule has 3 heterocycles. The molecule has 2 aliphatic heterocycles. The molecule has 1 fully saturated rings. The third kappa shape index (κ3) is 3.95. The third-order valence-corrected chi connectivity index (χ3v) is 5.95. The lowest BCUT2D eigenvalue weighted by Crippen LogP contribution is -2.36. The number of nitrogens with one attached hydrogen (secondary N) is 1. The minimum atomic E-state index is -4.51. The molecule has 1 aromatic heterocycles. The monoisotopic (exact) mass is 426 g/mol. The van der Waals surface area contributed by atoms with E-state index in [2.05, 4.69) is 10.4 Å². The summed E-state index contributed by atoms with van der Waals surface area (Å²) in [5.74, 6) is -0.356. The van der Waals surface area contributed by atoms with Gasteiger partial charge >= 0.3 is 6.18 Å². The van der Waals surface area contributed by atoms with Gasteiger partial charge in [0.15, 0.2) is 11.7 Å². The average molecular weight is 427 g/mol. The van der Waals surface area contributed by atoms with E-state index in [9.17, 15) is 18.0 Å². The molecule has 0 bridgehead atoms. The van der Waals surface area contributed by atoms with Crippen LogP contribution in [-0.4, -0.2) is 39.9 Å². The van der Waals surface area contributed by atoms with Crippen molar-refractivity contribution >= 4 is 23.3 Å². The predicted molar refractivity (Wildman–Crippen MR) is 104 cm³/mol. The number of carbonyl (C=O) groups is 1. The normalized spacial score (nSPS) is 22.6. The summed E-state index contributed by atoms with van der Waals surface area (Å²) in [4.78, 5) is 14.6. The summed E-state index contributed by atoms with van der Waals surface area (Å²) in [6.45, 7) is 1.14. The largest absolute Gasteiger partial charge is 0.410 e. The zero-order chi connectivity index (χ0) is 20.6. The zero-order valence-corrected chi connectivity index (χ0v) is 16.5. The number of anilines is 1. The molecule has 0 aliphatic carbocycles. The molecule has 4 rings (SSSR count).